The average Bonchev–Trinajstić information content (AvgIpc) is 2.69. The molecule has 2 aromatic rings. The Morgan fingerprint density at radius 3 is 2.19 bits per heavy atom. The Bertz CT molecular complexity index is 1060. The Morgan fingerprint density at radius 1 is 0.969 bits per heavy atom. The van der Waals surface area contributed by atoms with Crippen LogP contribution in [0.2, 0.25) is 13.1 Å². The SMILES string of the molecule is Cc1ccc(S(=O)(=O)N(CC=C=CC(C)(C)C)C/C=C/[Si](C)(C)Cc2ccccc2)cc1. The van der Waals surface area contributed by atoms with Crippen molar-refractivity contribution in [1.29, 1.82) is 0 Å². The van der Waals surface area contributed by atoms with Gasteiger partial charge in [-0.05, 0) is 42.7 Å². The molecule has 0 amide bonds. The lowest BCUT2D eigenvalue weighted by Crippen LogP contribution is -2.32. The molecular formula is C27H37NO2SSi. The summed E-state index contributed by atoms with van der Waals surface area (Å²) in [6.07, 6.45) is 5.80. The van der Waals surface area contributed by atoms with E-state index < -0.39 is 18.1 Å². The van der Waals surface area contributed by atoms with Crippen LogP contribution in [0.25, 0.3) is 0 Å². The monoisotopic (exact) mass is 467 g/mol. The minimum Gasteiger partial charge on any atom is -0.207 e. The molecule has 0 aliphatic rings. The highest BCUT2D eigenvalue weighted by Gasteiger charge is 2.23. The van der Waals surface area contributed by atoms with Crippen LogP contribution in [-0.4, -0.2) is 33.9 Å². The fourth-order valence-corrected chi connectivity index (χ4v) is 6.74. The molecule has 0 aliphatic carbocycles. The molecule has 0 saturated carbocycles. The van der Waals surface area contributed by atoms with Gasteiger partial charge in [0.05, 0.1) is 13.0 Å². The van der Waals surface area contributed by atoms with E-state index in [1.165, 1.54) is 9.87 Å². The minimum absolute atomic E-state index is 0.00409. The Balaban J connectivity index is 2.22. The maximum absolute atomic E-state index is 13.3. The standard InChI is InChI=1S/C27H37NO2SSi/c1-24-15-17-26(18-16-24)31(29,30)28(20-11-10-19-27(2,3)4)21-12-22-32(5,6)23-25-13-8-7-9-14-25/h7-9,11-19,22H,20-21,23H2,1-6H3/b22-12+. The van der Waals surface area contributed by atoms with Crippen molar-refractivity contribution in [2.45, 2.75) is 51.7 Å². The molecule has 0 heterocycles. The number of aryl methyl sites for hydroxylation is 1. The minimum atomic E-state index is -3.60. The van der Waals surface area contributed by atoms with Crippen molar-refractivity contribution in [3.05, 3.63) is 95.4 Å². The third kappa shape index (κ3) is 8.76. The third-order valence-corrected chi connectivity index (χ3v) is 9.27. The molecule has 0 radical (unpaired) electrons. The zero-order valence-corrected chi connectivity index (χ0v) is 22.1. The summed E-state index contributed by atoms with van der Waals surface area (Å²) in [4.78, 5) is 0.325. The summed E-state index contributed by atoms with van der Waals surface area (Å²) in [6, 6.07) is 18.6. The number of rotatable bonds is 9. The van der Waals surface area contributed by atoms with Crippen molar-refractivity contribution in [2.24, 2.45) is 5.41 Å². The Kier molecular flexibility index (Phi) is 9.05. The third-order valence-electron chi connectivity index (χ3n) is 4.97. The molecular weight excluding hydrogens is 430 g/mol. The van der Waals surface area contributed by atoms with E-state index in [1.54, 1.807) is 18.2 Å². The lowest BCUT2D eigenvalue weighted by molar-refractivity contribution is 0.474. The van der Waals surface area contributed by atoms with E-state index in [0.717, 1.165) is 11.6 Å². The molecule has 0 bridgehead atoms. The van der Waals surface area contributed by atoms with Gasteiger partial charge in [-0.15, -0.1) is 5.73 Å². The van der Waals surface area contributed by atoms with Gasteiger partial charge in [0.2, 0.25) is 10.0 Å². The molecule has 5 heteroatoms. The zero-order valence-electron chi connectivity index (χ0n) is 20.3. The summed E-state index contributed by atoms with van der Waals surface area (Å²) >= 11 is 0. The normalized spacial score (nSPS) is 12.7. The van der Waals surface area contributed by atoms with Crippen LogP contribution in [0.5, 0.6) is 0 Å². The molecule has 32 heavy (non-hydrogen) atoms. The van der Waals surface area contributed by atoms with Gasteiger partial charge in [-0.25, -0.2) is 8.42 Å². The number of sulfonamides is 1. The van der Waals surface area contributed by atoms with Crippen molar-refractivity contribution in [3.8, 4) is 0 Å². The molecule has 172 valence electrons. The van der Waals surface area contributed by atoms with Crippen molar-refractivity contribution in [3.63, 3.8) is 0 Å². The van der Waals surface area contributed by atoms with Crippen molar-refractivity contribution in [2.75, 3.05) is 13.1 Å². The first-order chi connectivity index (χ1) is 14.9. The van der Waals surface area contributed by atoms with Gasteiger partial charge in [-0.3, -0.25) is 0 Å². The Hall–Kier alpha value is -2.17. The molecule has 0 N–H and O–H groups in total. The molecule has 0 aromatic heterocycles. The van der Waals surface area contributed by atoms with Crippen LogP contribution in [0, 0.1) is 12.3 Å². The van der Waals surface area contributed by atoms with Crippen LogP contribution in [-0.2, 0) is 16.1 Å². The summed E-state index contributed by atoms with van der Waals surface area (Å²) < 4.78 is 28.2. The number of hydrogen-bond donors (Lipinski definition) is 0. The number of benzene rings is 2. The summed E-state index contributed by atoms with van der Waals surface area (Å²) in [7, 11) is -5.25. The second-order valence-electron chi connectivity index (χ2n) is 10.1. The van der Waals surface area contributed by atoms with Crippen LogP contribution >= 0.6 is 0 Å². The molecule has 0 aliphatic heterocycles. The summed E-state index contributed by atoms with van der Waals surface area (Å²) in [5.41, 5.74) is 7.78. The highest BCUT2D eigenvalue weighted by atomic mass is 32.2. The fraction of sp³-hybridized carbons (Fsp3) is 0.370. The number of hydrogen-bond acceptors (Lipinski definition) is 2. The maximum Gasteiger partial charge on any atom is 0.243 e. The van der Waals surface area contributed by atoms with E-state index in [2.05, 4.69) is 69.6 Å². The first kappa shape index (κ1) is 26.1. The summed E-state index contributed by atoms with van der Waals surface area (Å²) in [5, 5.41) is 0. The van der Waals surface area contributed by atoms with E-state index in [-0.39, 0.29) is 12.0 Å². The molecule has 0 fully saturated rings. The van der Waals surface area contributed by atoms with Crippen LogP contribution in [0.3, 0.4) is 0 Å². The van der Waals surface area contributed by atoms with Gasteiger partial charge < -0.3 is 0 Å². The molecule has 3 nitrogen and oxygen atoms in total. The topological polar surface area (TPSA) is 37.4 Å². The smallest absolute Gasteiger partial charge is 0.207 e. The van der Waals surface area contributed by atoms with Crippen molar-refractivity contribution < 1.29 is 8.42 Å². The Labute approximate surface area is 196 Å². The fourth-order valence-electron chi connectivity index (χ4n) is 3.26. The van der Waals surface area contributed by atoms with E-state index >= 15 is 0 Å². The second kappa shape index (κ2) is 11.1. The quantitative estimate of drug-likeness (QED) is 0.319. The highest BCUT2D eigenvalue weighted by molar-refractivity contribution is 7.89. The second-order valence-corrected chi connectivity index (χ2v) is 16.7. The van der Waals surface area contributed by atoms with Crippen molar-refractivity contribution >= 4 is 18.1 Å². The molecule has 0 atom stereocenters. The zero-order chi connectivity index (χ0) is 23.8. The van der Waals surface area contributed by atoms with Gasteiger partial charge in [0.15, 0.2) is 0 Å². The van der Waals surface area contributed by atoms with E-state index in [1.807, 2.05) is 37.3 Å². The summed E-state index contributed by atoms with van der Waals surface area (Å²) in [5.74, 6) is 0. The lowest BCUT2D eigenvalue weighted by Gasteiger charge is -2.21. The Morgan fingerprint density at radius 2 is 1.59 bits per heavy atom. The van der Waals surface area contributed by atoms with Gasteiger partial charge in [0.25, 0.3) is 0 Å². The lowest BCUT2D eigenvalue weighted by atomic mass is 9.97. The van der Waals surface area contributed by atoms with Crippen LogP contribution in [0.15, 0.2) is 89.2 Å². The van der Waals surface area contributed by atoms with Crippen LogP contribution in [0.4, 0.5) is 0 Å². The van der Waals surface area contributed by atoms with Crippen molar-refractivity contribution in [1.82, 2.24) is 4.31 Å². The van der Waals surface area contributed by atoms with Gasteiger partial charge in [0, 0.05) is 13.1 Å². The van der Waals surface area contributed by atoms with Gasteiger partial charge in [-0.1, -0.05) is 99.2 Å². The van der Waals surface area contributed by atoms with Gasteiger partial charge in [0.1, 0.15) is 0 Å². The van der Waals surface area contributed by atoms with Crippen LogP contribution in [0.1, 0.15) is 31.9 Å². The molecule has 0 unspecified atom stereocenters. The first-order valence-electron chi connectivity index (χ1n) is 11.1. The maximum atomic E-state index is 13.3. The average molecular weight is 468 g/mol. The van der Waals surface area contributed by atoms with Crippen LogP contribution < -0.4 is 0 Å². The van der Waals surface area contributed by atoms with Gasteiger partial charge >= 0.3 is 0 Å². The molecule has 2 rings (SSSR count). The number of nitrogens with zero attached hydrogens (tertiary/aromatic N) is 1. The summed E-state index contributed by atoms with van der Waals surface area (Å²) in [6.45, 7) is 13.5. The van der Waals surface area contributed by atoms with Gasteiger partial charge in [-0.2, -0.15) is 4.31 Å². The molecule has 0 saturated heterocycles. The van der Waals surface area contributed by atoms with E-state index in [0.29, 0.717) is 11.4 Å². The highest BCUT2D eigenvalue weighted by Crippen LogP contribution is 2.18. The van der Waals surface area contributed by atoms with E-state index in [4.69, 9.17) is 0 Å². The largest absolute Gasteiger partial charge is 0.243 e. The predicted molar refractivity (Wildman–Crippen MR) is 139 cm³/mol. The molecule has 0 spiro atoms. The predicted octanol–water partition coefficient (Wildman–Crippen LogP) is 6.33. The molecule has 2 aromatic carbocycles. The van der Waals surface area contributed by atoms with E-state index in [9.17, 15) is 8.42 Å². The first-order valence-corrected chi connectivity index (χ1v) is 15.8.